The molecule has 5 nitrogen and oxygen atoms in total. The van der Waals surface area contributed by atoms with E-state index in [1.807, 2.05) is 30.0 Å². The first-order valence-electron chi connectivity index (χ1n) is 5.76. The predicted molar refractivity (Wildman–Crippen MR) is 67.7 cm³/mol. The number of amides is 1. The molecule has 1 aliphatic carbocycles. The smallest absolute Gasteiger partial charge is 0.242 e. The van der Waals surface area contributed by atoms with Crippen LogP contribution in [0.25, 0.3) is 0 Å². The molecule has 5 heteroatoms. The van der Waals surface area contributed by atoms with Gasteiger partial charge in [-0.3, -0.25) is 9.78 Å². The minimum Gasteiger partial charge on any atom is -0.396 e. The van der Waals surface area contributed by atoms with Gasteiger partial charge < -0.3 is 15.5 Å². The Morgan fingerprint density at radius 2 is 2.24 bits per heavy atom. The fourth-order valence-corrected chi connectivity index (χ4v) is 1.81. The van der Waals surface area contributed by atoms with Gasteiger partial charge in [-0.25, -0.2) is 0 Å². The molecule has 0 spiro atoms. The summed E-state index contributed by atoms with van der Waals surface area (Å²) in [5.41, 5.74) is 7.26. The zero-order valence-corrected chi connectivity index (χ0v) is 10.3. The summed E-state index contributed by atoms with van der Waals surface area (Å²) < 4.78 is 0. The van der Waals surface area contributed by atoms with Crippen molar-refractivity contribution in [2.24, 2.45) is 0 Å². The topological polar surface area (TPSA) is 62.5 Å². The van der Waals surface area contributed by atoms with E-state index in [9.17, 15) is 4.79 Å². The molecule has 1 saturated carbocycles. The Balaban J connectivity index is 1.99. The average Bonchev–Trinajstić information content (AvgIpc) is 3.12. The Labute approximate surface area is 101 Å². The lowest BCUT2D eigenvalue weighted by atomic mass is 10.3. The molecule has 1 heterocycles. The predicted octanol–water partition coefficient (Wildman–Crippen LogP) is 0.721. The molecule has 0 atom stereocenters. The van der Waals surface area contributed by atoms with Crippen LogP contribution in [-0.4, -0.2) is 42.5 Å². The SMILES string of the molecule is CN(CC(=O)N(C)C1CC1)c1ccncc1N. The van der Waals surface area contributed by atoms with E-state index in [0.717, 1.165) is 18.5 Å². The molecule has 1 aromatic heterocycles. The van der Waals surface area contributed by atoms with E-state index in [1.165, 1.54) is 0 Å². The lowest BCUT2D eigenvalue weighted by Crippen LogP contribution is -2.38. The van der Waals surface area contributed by atoms with Gasteiger partial charge in [-0.1, -0.05) is 0 Å². The maximum Gasteiger partial charge on any atom is 0.242 e. The second-order valence-electron chi connectivity index (χ2n) is 4.53. The van der Waals surface area contributed by atoms with Crippen LogP contribution in [0, 0.1) is 0 Å². The van der Waals surface area contributed by atoms with Crippen LogP contribution in [0.15, 0.2) is 18.5 Å². The molecule has 0 bridgehead atoms. The van der Waals surface area contributed by atoms with Crippen molar-refractivity contribution >= 4 is 17.3 Å². The van der Waals surface area contributed by atoms with E-state index >= 15 is 0 Å². The molecule has 17 heavy (non-hydrogen) atoms. The van der Waals surface area contributed by atoms with E-state index in [4.69, 9.17) is 5.73 Å². The summed E-state index contributed by atoms with van der Waals surface area (Å²) in [5.74, 6) is 0.131. The molecule has 0 aromatic carbocycles. The van der Waals surface area contributed by atoms with Gasteiger partial charge in [0.25, 0.3) is 0 Å². The minimum absolute atomic E-state index is 0.131. The molecule has 2 N–H and O–H groups in total. The van der Waals surface area contributed by atoms with Gasteiger partial charge in [0.15, 0.2) is 0 Å². The molecule has 1 aliphatic rings. The average molecular weight is 234 g/mol. The van der Waals surface area contributed by atoms with Gasteiger partial charge >= 0.3 is 0 Å². The number of carbonyl (C=O) groups excluding carboxylic acids is 1. The lowest BCUT2D eigenvalue weighted by molar-refractivity contribution is -0.128. The number of hydrogen-bond acceptors (Lipinski definition) is 4. The van der Waals surface area contributed by atoms with Crippen LogP contribution in [0.2, 0.25) is 0 Å². The Morgan fingerprint density at radius 1 is 1.53 bits per heavy atom. The van der Waals surface area contributed by atoms with Crippen molar-refractivity contribution in [1.82, 2.24) is 9.88 Å². The summed E-state index contributed by atoms with van der Waals surface area (Å²) in [4.78, 5) is 19.6. The van der Waals surface area contributed by atoms with Crippen molar-refractivity contribution in [3.05, 3.63) is 18.5 Å². The molecule has 0 aliphatic heterocycles. The normalized spacial score (nSPS) is 14.5. The van der Waals surface area contributed by atoms with Crippen molar-refractivity contribution < 1.29 is 4.79 Å². The van der Waals surface area contributed by atoms with Crippen LogP contribution in [-0.2, 0) is 4.79 Å². The summed E-state index contributed by atoms with van der Waals surface area (Å²) in [5, 5.41) is 0. The van der Waals surface area contributed by atoms with Gasteiger partial charge in [-0.2, -0.15) is 0 Å². The Hall–Kier alpha value is -1.78. The van der Waals surface area contributed by atoms with Crippen molar-refractivity contribution in [3.8, 4) is 0 Å². The highest BCUT2D eigenvalue weighted by Gasteiger charge is 2.29. The number of likely N-dealkylation sites (N-methyl/N-ethyl adjacent to an activating group) is 2. The zero-order valence-electron chi connectivity index (χ0n) is 10.3. The highest BCUT2D eigenvalue weighted by Crippen LogP contribution is 2.26. The number of rotatable bonds is 4. The van der Waals surface area contributed by atoms with Crippen molar-refractivity contribution in [1.29, 1.82) is 0 Å². The van der Waals surface area contributed by atoms with Gasteiger partial charge in [0, 0.05) is 26.3 Å². The molecule has 1 fully saturated rings. The van der Waals surface area contributed by atoms with Gasteiger partial charge in [0.05, 0.1) is 24.1 Å². The molecule has 1 amide bonds. The second kappa shape index (κ2) is 4.61. The van der Waals surface area contributed by atoms with Crippen molar-refractivity contribution in [2.45, 2.75) is 18.9 Å². The quantitative estimate of drug-likeness (QED) is 0.834. The second-order valence-corrected chi connectivity index (χ2v) is 4.53. The number of hydrogen-bond donors (Lipinski definition) is 1. The van der Waals surface area contributed by atoms with Crippen LogP contribution in [0.3, 0.4) is 0 Å². The Bertz CT molecular complexity index is 417. The first kappa shape index (κ1) is 11.7. The van der Waals surface area contributed by atoms with Crippen LogP contribution < -0.4 is 10.6 Å². The summed E-state index contributed by atoms with van der Waals surface area (Å²) >= 11 is 0. The molecular weight excluding hydrogens is 216 g/mol. The van der Waals surface area contributed by atoms with Gasteiger partial charge in [-0.05, 0) is 18.9 Å². The third-order valence-electron chi connectivity index (χ3n) is 3.10. The van der Waals surface area contributed by atoms with E-state index in [-0.39, 0.29) is 5.91 Å². The van der Waals surface area contributed by atoms with E-state index in [2.05, 4.69) is 4.98 Å². The zero-order chi connectivity index (χ0) is 12.4. The Kier molecular flexibility index (Phi) is 3.17. The number of nitrogen functional groups attached to an aromatic ring is 1. The molecule has 1 aromatic rings. The van der Waals surface area contributed by atoms with Crippen LogP contribution in [0.4, 0.5) is 11.4 Å². The first-order chi connectivity index (χ1) is 8.09. The van der Waals surface area contributed by atoms with Crippen LogP contribution in [0.1, 0.15) is 12.8 Å². The van der Waals surface area contributed by atoms with Crippen molar-refractivity contribution in [3.63, 3.8) is 0 Å². The monoisotopic (exact) mass is 234 g/mol. The highest BCUT2D eigenvalue weighted by molar-refractivity contribution is 5.83. The number of pyridine rings is 1. The minimum atomic E-state index is 0.131. The molecule has 0 saturated heterocycles. The van der Waals surface area contributed by atoms with Crippen LogP contribution >= 0.6 is 0 Å². The van der Waals surface area contributed by atoms with Gasteiger partial charge in [0.2, 0.25) is 5.91 Å². The largest absolute Gasteiger partial charge is 0.396 e. The fourth-order valence-electron chi connectivity index (χ4n) is 1.81. The first-order valence-corrected chi connectivity index (χ1v) is 5.76. The summed E-state index contributed by atoms with van der Waals surface area (Å²) in [6, 6.07) is 2.27. The summed E-state index contributed by atoms with van der Waals surface area (Å²) in [6.45, 7) is 0.348. The third kappa shape index (κ3) is 2.67. The van der Waals surface area contributed by atoms with Crippen molar-refractivity contribution in [2.75, 3.05) is 31.3 Å². The third-order valence-corrected chi connectivity index (χ3v) is 3.10. The maximum atomic E-state index is 11.9. The van der Waals surface area contributed by atoms with Gasteiger partial charge in [-0.15, -0.1) is 0 Å². The standard InChI is InChI=1S/C12H18N4O/c1-15(11-5-6-14-7-10(11)13)8-12(17)16(2)9-3-4-9/h5-7,9H,3-4,8,13H2,1-2H3. The molecule has 0 unspecified atom stereocenters. The van der Waals surface area contributed by atoms with E-state index < -0.39 is 0 Å². The maximum absolute atomic E-state index is 11.9. The summed E-state index contributed by atoms with van der Waals surface area (Å²) in [6.07, 6.45) is 5.53. The van der Waals surface area contributed by atoms with Gasteiger partial charge in [0.1, 0.15) is 0 Å². The molecule has 92 valence electrons. The Morgan fingerprint density at radius 3 is 2.82 bits per heavy atom. The number of nitrogens with zero attached hydrogens (tertiary/aromatic N) is 3. The molecule has 2 rings (SSSR count). The summed E-state index contributed by atoms with van der Waals surface area (Å²) in [7, 11) is 3.73. The number of carbonyl (C=O) groups is 1. The van der Waals surface area contributed by atoms with E-state index in [1.54, 1.807) is 12.4 Å². The lowest BCUT2D eigenvalue weighted by Gasteiger charge is -2.24. The van der Waals surface area contributed by atoms with E-state index in [0.29, 0.717) is 18.3 Å². The van der Waals surface area contributed by atoms with Crippen LogP contribution in [0.5, 0.6) is 0 Å². The number of nitrogens with two attached hydrogens (primary N) is 1. The highest BCUT2D eigenvalue weighted by atomic mass is 16.2. The number of aromatic nitrogens is 1. The molecular formula is C12H18N4O. The number of anilines is 2. The molecule has 0 radical (unpaired) electrons. The fraction of sp³-hybridized carbons (Fsp3) is 0.500.